The summed E-state index contributed by atoms with van der Waals surface area (Å²) in [6.07, 6.45) is 0.925. The third-order valence-corrected chi connectivity index (χ3v) is 6.19. The predicted octanol–water partition coefficient (Wildman–Crippen LogP) is 2.91. The molecular weight excluding hydrogens is 430 g/mol. The molecule has 12 heteroatoms. The van der Waals surface area contributed by atoms with E-state index in [1.807, 2.05) is 30.3 Å². The lowest BCUT2D eigenvalue weighted by Crippen LogP contribution is -2.45. The highest BCUT2D eigenvalue weighted by molar-refractivity contribution is 7.92. The van der Waals surface area contributed by atoms with E-state index in [1.165, 1.54) is 25.1 Å². The molecule has 3 rings (SSSR count). The van der Waals surface area contributed by atoms with Gasteiger partial charge in [0.25, 0.3) is 5.69 Å². The summed E-state index contributed by atoms with van der Waals surface area (Å²) in [6.45, 7) is 1.38. The molecule has 1 heterocycles. The highest BCUT2D eigenvalue weighted by Crippen LogP contribution is 2.28. The molecule has 2 aromatic carbocycles. The second kappa shape index (κ2) is 8.55. The van der Waals surface area contributed by atoms with E-state index in [0.717, 1.165) is 33.5 Å². The van der Waals surface area contributed by atoms with Crippen LogP contribution in [0.3, 0.4) is 0 Å². The Bertz CT molecular complexity index is 1180. The van der Waals surface area contributed by atoms with Gasteiger partial charge < -0.3 is 0 Å². The first-order valence-electron chi connectivity index (χ1n) is 8.60. The zero-order valence-corrected chi connectivity index (χ0v) is 17.6. The van der Waals surface area contributed by atoms with E-state index in [0.29, 0.717) is 5.01 Å². The van der Waals surface area contributed by atoms with Crippen molar-refractivity contribution in [1.82, 2.24) is 10.2 Å². The van der Waals surface area contributed by atoms with Crippen molar-refractivity contribution in [2.45, 2.75) is 13.0 Å². The van der Waals surface area contributed by atoms with Gasteiger partial charge in [0.05, 0.1) is 16.9 Å². The third kappa shape index (κ3) is 4.78. The first kappa shape index (κ1) is 21.3. The molecule has 0 saturated carbocycles. The summed E-state index contributed by atoms with van der Waals surface area (Å²) < 4.78 is 25.5. The summed E-state index contributed by atoms with van der Waals surface area (Å²) in [5.74, 6) is -0.650. The van der Waals surface area contributed by atoms with Gasteiger partial charge in [-0.3, -0.25) is 24.5 Å². The Balaban J connectivity index is 1.84. The predicted molar refractivity (Wildman–Crippen MR) is 114 cm³/mol. The number of nitrogens with zero attached hydrogens (tertiary/aromatic N) is 4. The molecule has 1 atom stereocenters. The van der Waals surface area contributed by atoms with Crippen LogP contribution in [0.15, 0.2) is 54.6 Å². The molecule has 1 amide bonds. The molecule has 0 aliphatic heterocycles. The lowest BCUT2D eigenvalue weighted by molar-refractivity contribution is -0.384. The van der Waals surface area contributed by atoms with E-state index >= 15 is 0 Å². The molecule has 0 saturated heterocycles. The zero-order chi connectivity index (χ0) is 21.9. The summed E-state index contributed by atoms with van der Waals surface area (Å²) in [4.78, 5) is 23.1. The Morgan fingerprint density at radius 2 is 1.87 bits per heavy atom. The van der Waals surface area contributed by atoms with E-state index < -0.39 is 26.9 Å². The summed E-state index contributed by atoms with van der Waals surface area (Å²) in [6, 6.07) is 13.1. The quantitative estimate of drug-likeness (QED) is 0.434. The average molecular weight is 447 g/mol. The van der Waals surface area contributed by atoms with Gasteiger partial charge in [-0.05, 0) is 13.0 Å². The molecule has 0 unspecified atom stereocenters. The number of benzene rings is 2. The van der Waals surface area contributed by atoms with Gasteiger partial charge in [-0.2, -0.15) is 0 Å². The van der Waals surface area contributed by atoms with E-state index in [2.05, 4.69) is 15.5 Å². The van der Waals surface area contributed by atoms with Crippen LogP contribution in [0, 0.1) is 10.1 Å². The monoisotopic (exact) mass is 447 g/mol. The number of hydrogen-bond donors (Lipinski definition) is 1. The second-order valence-electron chi connectivity index (χ2n) is 6.28. The van der Waals surface area contributed by atoms with Gasteiger partial charge in [0.2, 0.25) is 21.1 Å². The molecule has 0 radical (unpaired) electrons. The maximum Gasteiger partial charge on any atom is 0.271 e. The van der Waals surface area contributed by atoms with Crippen molar-refractivity contribution in [2.24, 2.45) is 0 Å². The molecule has 10 nitrogen and oxygen atoms in total. The number of nitro benzene ring substituents is 1. The highest BCUT2D eigenvalue weighted by atomic mass is 32.2. The number of anilines is 2. The van der Waals surface area contributed by atoms with Crippen LogP contribution in [-0.2, 0) is 14.8 Å². The fourth-order valence-corrected chi connectivity index (χ4v) is 4.65. The molecule has 0 bridgehead atoms. The van der Waals surface area contributed by atoms with Crippen LogP contribution >= 0.6 is 11.3 Å². The largest absolute Gasteiger partial charge is 0.299 e. The van der Waals surface area contributed by atoms with Crippen molar-refractivity contribution >= 4 is 43.8 Å². The van der Waals surface area contributed by atoms with Crippen molar-refractivity contribution in [3.05, 3.63) is 64.7 Å². The molecule has 0 aliphatic rings. The SMILES string of the molecule is C[C@H](C(=O)Nc1nnc(-c2ccccc2)s1)N(c1cccc([N+](=O)[O-])c1)S(C)(=O)=O. The first-order chi connectivity index (χ1) is 14.2. The Hall–Kier alpha value is -3.38. The number of sulfonamides is 1. The van der Waals surface area contributed by atoms with E-state index in [1.54, 1.807) is 0 Å². The van der Waals surface area contributed by atoms with Gasteiger partial charge in [-0.25, -0.2) is 8.42 Å². The van der Waals surface area contributed by atoms with Gasteiger partial charge in [0, 0.05) is 17.7 Å². The first-order valence-corrected chi connectivity index (χ1v) is 11.3. The molecule has 1 N–H and O–H groups in total. The number of carbonyl (C=O) groups excluding carboxylic acids is 1. The minimum absolute atomic E-state index is 0.0107. The van der Waals surface area contributed by atoms with E-state index in [-0.39, 0.29) is 16.5 Å². The smallest absolute Gasteiger partial charge is 0.271 e. The average Bonchev–Trinajstić information content (AvgIpc) is 3.16. The molecule has 0 fully saturated rings. The molecule has 0 spiro atoms. The van der Waals surface area contributed by atoms with Gasteiger partial charge in [0.15, 0.2) is 0 Å². The van der Waals surface area contributed by atoms with Crippen LogP contribution in [0.5, 0.6) is 0 Å². The summed E-state index contributed by atoms with van der Waals surface area (Å²) >= 11 is 1.14. The Kier molecular flexibility index (Phi) is 6.08. The van der Waals surface area contributed by atoms with Crippen molar-refractivity contribution in [3.63, 3.8) is 0 Å². The summed E-state index contributed by atoms with van der Waals surface area (Å²) in [5.41, 5.74) is 0.555. The minimum atomic E-state index is -3.92. The molecule has 0 aliphatic carbocycles. The Morgan fingerprint density at radius 3 is 2.50 bits per heavy atom. The maximum absolute atomic E-state index is 12.7. The lowest BCUT2D eigenvalue weighted by Gasteiger charge is -2.27. The number of non-ortho nitro benzene ring substituents is 1. The van der Waals surface area contributed by atoms with Crippen LogP contribution in [0.1, 0.15) is 6.92 Å². The molecule has 30 heavy (non-hydrogen) atoms. The molecule has 3 aromatic rings. The third-order valence-electron chi connectivity index (χ3n) is 4.06. The highest BCUT2D eigenvalue weighted by Gasteiger charge is 2.30. The van der Waals surface area contributed by atoms with Crippen molar-refractivity contribution in [1.29, 1.82) is 0 Å². The fraction of sp³-hybridized carbons (Fsp3) is 0.167. The zero-order valence-electron chi connectivity index (χ0n) is 15.9. The normalized spacial score (nSPS) is 12.2. The van der Waals surface area contributed by atoms with Crippen LogP contribution in [0.4, 0.5) is 16.5 Å². The van der Waals surface area contributed by atoms with Crippen LogP contribution < -0.4 is 9.62 Å². The summed E-state index contributed by atoms with van der Waals surface area (Å²) in [5, 5.41) is 22.3. The Labute approximate surface area is 176 Å². The topological polar surface area (TPSA) is 135 Å². The number of amides is 1. The number of nitro groups is 1. The van der Waals surface area contributed by atoms with Crippen LogP contribution in [0.2, 0.25) is 0 Å². The van der Waals surface area contributed by atoms with Crippen LogP contribution in [0.25, 0.3) is 10.6 Å². The standard InChI is InChI=1S/C18H17N5O5S2/c1-12(22(30(2,27)28)14-9-6-10-15(11-14)23(25)26)16(24)19-18-21-20-17(29-18)13-7-4-3-5-8-13/h3-12H,1-2H3,(H,19,21,24)/t12-/m1/s1. The van der Waals surface area contributed by atoms with E-state index in [4.69, 9.17) is 0 Å². The van der Waals surface area contributed by atoms with Gasteiger partial charge in [-0.1, -0.05) is 47.7 Å². The molecule has 1 aromatic heterocycles. The number of hydrogen-bond acceptors (Lipinski definition) is 8. The van der Waals surface area contributed by atoms with Gasteiger partial charge in [-0.15, -0.1) is 10.2 Å². The lowest BCUT2D eigenvalue weighted by atomic mass is 10.2. The number of carbonyl (C=O) groups is 1. The van der Waals surface area contributed by atoms with Crippen molar-refractivity contribution < 1.29 is 18.1 Å². The maximum atomic E-state index is 12.7. The van der Waals surface area contributed by atoms with Gasteiger partial charge in [0.1, 0.15) is 11.0 Å². The number of aromatic nitrogens is 2. The molecule has 156 valence electrons. The summed E-state index contributed by atoms with van der Waals surface area (Å²) in [7, 11) is -3.92. The molecular formula is C18H17N5O5S2. The fourth-order valence-electron chi connectivity index (χ4n) is 2.73. The van der Waals surface area contributed by atoms with Crippen LogP contribution in [-0.4, -0.2) is 41.7 Å². The van der Waals surface area contributed by atoms with Crippen molar-refractivity contribution in [2.75, 3.05) is 15.9 Å². The van der Waals surface area contributed by atoms with E-state index in [9.17, 15) is 23.3 Å². The number of nitrogens with one attached hydrogen (secondary N) is 1. The Morgan fingerprint density at radius 1 is 1.17 bits per heavy atom. The second-order valence-corrected chi connectivity index (χ2v) is 9.12. The minimum Gasteiger partial charge on any atom is -0.299 e. The van der Waals surface area contributed by atoms with Crippen molar-refractivity contribution in [3.8, 4) is 10.6 Å². The van der Waals surface area contributed by atoms with Gasteiger partial charge >= 0.3 is 0 Å². The number of rotatable bonds is 7.